The van der Waals surface area contributed by atoms with Crippen LogP contribution in [0.2, 0.25) is 5.02 Å². The van der Waals surface area contributed by atoms with E-state index in [1.807, 2.05) is 29.6 Å². The van der Waals surface area contributed by atoms with Crippen molar-refractivity contribution in [3.63, 3.8) is 0 Å². The van der Waals surface area contributed by atoms with Crippen LogP contribution in [0.4, 0.5) is 0 Å². The zero-order valence-electron chi connectivity index (χ0n) is 12.0. The van der Waals surface area contributed by atoms with Crippen LogP contribution in [0, 0.1) is 0 Å². The van der Waals surface area contributed by atoms with Gasteiger partial charge in [0.15, 0.2) is 0 Å². The van der Waals surface area contributed by atoms with E-state index in [2.05, 4.69) is 4.98 Å². The number of amides is 1. The van der Waals surface area contributed by atoms with Crippen molar-refractivity contribution < 1.29 is 9.53 Å². The first kappa shape index (κ1) is 15.5. The fraction of sp³-hybridized carbons (Fsp3) is 0.0588. The van der Waals surface area contributed by atoms with Crippen molar-refractivity contribution in [1.82, 2.24) is 4.98 Å². The van der Waals surface area contributed by atoms with Crippen LogP contribution in [0.25, 0.3) is 10.6 Å². The molecule has 0 aliphatic rings. The number of para-hydroxylation sites is 1. The Morgan fingerprint density at radius 3 is 2.70 bits per heavy atom. The van der Waals surface area contributed by atoms with Crippen molar-refractivity contribution in [2.24, 2.45) is 5.73 Å². The molecule has 0 bridgehead atoms. The fourth-order valence-corrected chi connectivity index (χ4v) is 3.20. The van der Waals surface area contributed by atoms with Gasteiger partial charge in [0, 0.05) is 10.9 Å². The van der Waals surface area contributed by atoms with Crippen LogP contribution < -0.4 is 10.5 Å². The van der Waals surface area contributed by atoms with E-state index in [1.165, 1.54) is 11.3 Å². The van der Waals surface area contributed by atoms with E-state index in [4.69, 9.17) is 22.1 Å². The molecule has 0 saturated carbocycles. The first-order valence-electron chi connectivity index (χ1n) is 6.86. The molecule has 1 heterocycles. The van der Waals surface area contributed by atoms with Gasteiger partial charge in [-0.3, -0.25) is 4.79 Å². The highest BCUT2D eigenvalue weighted by atomic mass is 35.5. The molecule has 2 aromatic carbocycles. The van der Waals surface area contributed by atoms with Crippen molar-refractivity contribution in [1.29, 1.82) is 0 Å². The van der Waals surface area contributed by atoms with Gasteiger partial charge >= 0.3 is 0 Å². The van der Waals surface area contributed by atoms with Gasteiger partial charge in [-0.2, -0.15) is 0 Å². The van der Waals surface area contributed by atoms with Gasteiger partial charge in [-0.05, 0) is 18.2 Å². The minimum atomic E-state index is -0.518. The molecule has 116 valence electrons. The number of primary amides is 1. The summed E-state index contributed by atoms with van der Waals surface area (Å²) in [6.07, 6.45) is 0. The summed E-state index contributed by atoms with van der Waals surface area (Å²) in [5, 5.41) is 3.40. The molecule has 2 N–H and O–H groups in total. The average Bonchev–Trinajstić information content (AvgIpc) is 3.02. The fourth-order valence-electron chi connectivity index (χ4n) is 2.08. The number of nitrogens with two attached hydrogens (primary N) is 1. The molecule has 1 aromatic heterocycles. The normalized spacial score (nSPS) is 10.5. The van der Waals surface area contributed by atoms with Gasteiger partial charge in [0.2, 0.25) is 0 Å². The van der Waals surface area contributed by atoms with Crippen LogP contribution in [-0.4, -0.2) is 10.9 Å². The molecule has 0 spiro atoms. The quantitative estimate of drug-likeness (QED) is 0.756. The Hall–Kier alpha value is -2.37. The molecular weight excluding hydrogens is 332 g/mol. The van der Waals surface area contributed by atoms with Gasteiger partial charge < -0.3 is 10.5 Å². The second kappa shape index (κ2) is 6.81. The molecule has 0 aliphatic carbocycles. The predicted octanol–water partition coefficient (Wildman–Crippen LogP) is 4.14. The number of aromatic nitrogens is 1. The summed E-state index contributed by atoms with van der Waals surface area (Å²) in [5.74, 6) is -0.0667. The molecule has 0 atom stereocenters. The topological polar surface area (TPSA) is 65.2 Å². The Balaban J connectivity index is 1.76. The van der Waals surface area contributed by atoms with Gasteiger partial charge in [-0.25, -0.2) is 4.98 Å². The monoisotopic (exact) mass is 344 g/mol. The molecule has 0 saturated heterocycles. The first-order chi connectivity index (χ1) is 11.1. The number of hydrogen-bond donors (Lipinski definition) is 1. The van der Waals surface area contributed by atoms with Crippen molar-refractivity contribution in [3.05, 3.63) is 70.2 Å². The van der Waals surface area contributed by atoms with E-state index < -0.39 is 5.91 Å². The van der Waals surface area contributed by atoms with Crippen LogP contribution in [0.3, 0.4) is 0 Å². The molecule has 6 heteroatoms. The van der Waals surface area contributed by atoms with Crippen LogP contribution in [0.15, 0.2) is 53.9 Å². The third-order valence-corrected chi connectivity index (χ3v) is 4.44. The van der Waals surface area contributed by atoms with Crippen molar-refractivity contribution in [3.8, 4) is 16.3 Å². The van der Waals surface area contributed by atoms with Crippen LogP contribution in [0.1, 0.15) is 16.1 Å². The summed E-state index contributed by atoms with van der Waals surface area (Å²) >= 11 is 7.68. The zero-order valence-corrected chi connectivity index (χ0v) is 13.6. The highest BCUT2D eigenvalue weighted by molar-refractivity contribution is 7.13. The molecule has 0 unspecified atom stereocenters. The van der Waals surface area contributed by atoms with E-state index in [-0.39, 0.29) is 6.61 Å². The SMILES string of the molecule is NC(=O)c1ccccc1OCc1csc(-c2ccccc2Cl)n1. The van der Waals surface area contributed by atoms with E-state index in [9.17, 15) is 4.79 Å². The summed E-state index contributed by atoms with van der Waals surface area (Å²) < 4.78 is 5.67. The lowest BCUT2D eigenvalue weighted by molar-refractivity contribution is 0.0996. The van der Waals surface area contributed by atoms with Gasteiger partial charge in [0.05, 0.1) is 16.3 Å². The van der Waals surface area contributed by atoms with E-state index in [0.717, 1.165) is 16.3 Å². The van der Waals surface area contributed by atoms with E-state index in [1.54, 1.807) is 24.3 Å². The number of carbonyl (C=O) groups is 1. The summed E-state index contributed by atoms with van der Waals surface area (Å²) in [4.78, 5) is 15.9. The molecule has 0 radical (unpaired) electrons. The Labute approximate surface area is 142 Å². The molecule has 0 aliphatic heterocycles. The molecule has 23 heavy (non-hydrogen) atoms. The maximum atomic E-state index is 11.4. The number of thiazole rings is 1. The second-order valence-electron chi connectivity index (χ2n) is 4.77. The lowest BCUT2D eigenvalue weighted by Crippen LogP contribution is -2.12. The molecule has 4 nitrogen and oxygen atoms in total. The maximum Gasteiger partial charge on any atom is 0.252 e. The standard InChI is InChI=1S/C17H13ClN2O2S/c18-14-7-3-1-5-12(14)17-20-11(10-23-17)9-22-15-8-4-2-6-13(15)16(19)21/h1-8,10H,9H2,(H2,19,21). The van der Waals surface area contributed by atoms with Gasteiger partial charge in [0.1, 0.15) is 17.4 Å². The smallest absolute Gasteiger partial charge is 0.252 e. The van der Waals surface area contributed by atoms with Crippen LogP contribution >= 0.6 is 22.9 Å². The minimum Gasteiger partial charge on any atom is -0.486 e. The summed E-state index contributed by atoms with van der Waals surface area (Å²) in [6.45, 7) is 0.255. The number of nitrogens with zero attached hydrogens (tertiary/aromatic N) is 1. The average molecular weight is 345 g/mol. The number of hydrogen-bond acceptors (Lipinski definition) is 4. The van der Waals surface area contributed by atoms with Crippen LogP contribution in [-0.2, 0) is 6.61 Å². The van der Waals surface area contributed by atoms with Crippen LogP contribution in [0.5, 0.6) is 5.75 Å². The summed E-state index contributed by atoms with van der Waals surface area (Å²) in [5.41, 5.74) is 7.35. The van der Waals surface area contributed by atoms with Crippen molar-refractivity contribution >= 4 is 28.8 Å². The second-order valence-corrected chi connectivity index (χ2v) is 6.04. The summed E-state index contributed by atoms with van der Waals surface area (Å²) in [6, 6.07) is 14.4. The Bertz CT molecular complexity index is 848. The van der Waals surface area contributed by atoms with Gasteiger partial charge in [-0.1, -0.05) is 41.9 Å². The molecule has 3 aromatic rings. The highest BCUT2D eigenvalue weighted by Gasteiger charge is 2.11. The Kier molecular flexibility index (Phi) is 4.60. The largest absolute Gasteiger partial charge is 0.486 e. The number of benzene rings is 2. The third-order valence-electron chi connectivity index (χ3n) is 3.18. The van der Waals surface area contributed by atoms with Crippen molar-refractivity contribution in [2.75, 3.05) is 0 Å². The third kappa shape index (κ3) is 3.52. The lowest BCUT2D eigenvalue weighted by Gasteiger charge is -2.07. The number of carbonyl (C=O) groups excluding carboxylic acids is 1. The maximum absolute atomic E-state index is 11.4. The Morgan fingerprint density at radius 1 is 1.17 bits per heavy atom. The minimum absolute atomic E-state index is 0.255. The molecule has 3 rings (SSSR count). The Morgan fingerprint density at radius 2 is 1.91 bits per heavy atom. The van der Waals surface area contributed by atoms with Gasteiger partial charge in [-0.15, -0.1) is 11.3 Å². The lowest BCUT2D eigenvalue weighted by atomic mass is 10.2. The predicted molar refractivity (Wildman–Crippen MR) is 91.9 cm³/mol. The van der Waals surface area contributed by atoms with Crippen molar-refractivity contribution in [2.45, 2.75) is 6.61 Å². The number of halogens is 1. The van der Waals surface area contributed by atoms with E-state index in [0.29, 0.717) is 16.3 Å². The zero-order chi connectivity index (χ0) is 16.2. The highest BCUT2D eigenvalue weighted by Crippen LogP contribution is 2.30. The molecular formula is C17H13ClN2O2S. The molecule has 1 amide bonds. The number of ether oxygens (including phenoxy) is 1. The number of rotatable bonds is 5. The van der Waals surface area contributed by atoms with E-state index >= 15 is 0 Å². The molecule has 0 fully saturated rings. The summed E-state index contributed by atoms with van der Waals surface area (Å²) in [7, 11) is 0. The van der Waals surface area contributed by atoms with Gasteiger partial charge in [0.25, 0.3) is 5.91 Å². The first-order valence-corrected chi connectivity index (χ1v) is 8.12.